The van der Waals surface area contributed by atoms with Gasteiger partial charge < -0.3 is 0 Å². The maximum Gasteiger partial charge on any atom is 0.242 e. The summed E-state index contributed by atoms with van der Waals surface area (Å²) >= 11 is 0. The largest absolute Gasteiger partial charge is 0.273 e. The number of hydrogen-bond acceptors (Lipinski definition) is 4. The van der Waals surface area contributed by atoms with Gasteiger partial charge in [0.05, 0.1) is 17.5 Å². The molecule has 1 aromatic heterocycles. The first-order valence-electron chi connectivity index (χ1n) is 3.75. The van der Waals surface area contributed by atoms with E-state index in [9.17, 15) is 9.70 Å². The van der Waals surface area contributed by atoms with E-state index in [4.69, 9.17) is 0 Å². The van der Waals surface area contributed by atoms with E-state index in [2.05, 4.69) is 10.3 Å². The summed E-state index contributed by atoms with van der Waals surface area (Å²) < 4.78 is 0. The highest BCUT2D eigenvalue weighted by molar-refractivity contribution is 5.72. The molecule has 5 heteroatoms. The van der Waals surface area contributed by atoms with E-state index >= 15 is 0 Å². The van der Waals surface area contributed by atoms with Crippen molar-refractivity contribution in [2.24, 2.45) is 5.29 Å². The SMILES string of the molecule is CC(=O)N(Cc1ccccn1)N=O. The molecule has 0 aliphatic heterocycles. The molecule has 0 atom stereocenters. The Labute approximate surface area is 75.3 Å². The molecule has 0 radical (unpaired) electrons. The molecule has 0 fully saturated rings. The third-order valence-electron chi connectivity index (χ3n) is 1.50. The van der Waals surface area contributed by atoms with Crippen molar-refractivity contribution in [1.29, 1.82) is 0 Å². The van der Waals surface area contributed by atoms with Crippen LogP contribution in [0, 0.1) is 4.91 Å². The Hall–Kier alpha value is -1.78. The summed E-state index contributed by atoms with van der Waals surface area (Å²) in [5.41, 5.74) is 0.636. The average Bonchev–Trinajstić information content (AvgIpc) is 2.15. The zero-order valence-corrected chi connectivity index (χ0v) is 7.17. The van der Waals surface area contributed by atoms with Gasteiger partial charge in [0.1, 0.15) is 0 Å². The van der Waals surface area contributed by atoms with E-state index in [1.165, 1.54) is 6.92 Å². The fourth-order valence-corrected chi connectivity index (χ4v) is 0.843. The number of nitroso groups, excluding NO2 is 1. The molecule has 1 rings (SSSR count). The van der Waals surface area contributed by atoms with Gasteiger partial charge >= 0.3 is 0 Å². The molecule has 0 saturated heterocycles. The predicted molar refractivity (Wildman–Crippen MR) is 46.3 cm³/mol. The van der Waals surface area contributed by atoms with Crippen molar-refractivity contribution in [2.75, 3.05) is 0 Å². The van der Waals surface area contributed by atoms with Gasteiger partial charge in [-0.05, 0) is 12.1 Å². The minimum Gasteiger partial charge on any atom is -0.273 e. The summed E-state index contributed by atoms with van der Waals surface area (Å²) in [6.45, 7) is 1.41. The van der Waals surface area contributed by atoms with Gasteiger partial charge in [0.25, 0.3) is 0 Å². The minimum atomic E-state index is -0.388. The van der Waals surface area contributed by atoms with Gasteiger partial charge in [0.15, 0.2) is 0 Å². The Morgan fingerprint density at radius 2 is 2.38 bits per heavy atom. The first-order chi connectivity index (χ1) is 6.24. The van der Waals surface area contributed by atoms with Crippen molar-refractivity contribution in [1.82, 2.24) is 9.99 Å². The lowest BCUT2D eigenvalue weighted by Gasteiger charge is -2.08. The first kappa shape index (κ1) is 9.31. The molecule has 68 valence electrons. The van der Waals surface area contributed by atoms with Crippen LogP contribution in [0.15, 0.2) is 29.7 Å². The average molecular weight is 179 g/mol. The first-order valence-corrected chi connectivity index (χ1v) is 3.75. The van der Waals surface area contributed by atoms with Gasteiger partial charge in [-0.2, -0.15) is 5.01 Å². The van der Waals surface area contributed by atoms with Crippen molar-refractivity contribution < 1.29 is 4.79 Å². The number of carbonyl (C=O) groups is 1. The van der Waals surface area contributed by atoms with Gasteiger partial charge in [-0.3, -0.25) is 9.78 Å². The van der Waals surface area contributed by atoms with Gasteiger partial charge in [-0.25, -0.2) is 0 Å². The van der Waals surface area contributed by atoms with Gasteiger partial charge in [0, 0.05) is 13.1 Å². The van der Waals surface area contributed by atoms with Crippen LogP contribution in [0.1, 0.15) is 12.6 Å². The number of pyridine rings is 1. The molecular formula is C8H9N3O2. The van der Waals surface area contributed by atoms with E-state index in [-0.39, 0.29) is 12.5 Å². The summed E-state index contributed by atoms with van der Waals surface area (Å²) in [6, 6.07) is 5.27. The van der Waals surface area contributed by atoms with Crippen LogP contribution in [-0.2, 0) is 11.3 Å². The molecule has 0 unspecified atom stereocenters. The number of amides is 1. The summed E-state index contributed by atoms with van der Waals surface area (Å²) in [5, 5.41) is 3.40. The second kappa shape index (κ2) is 4.30. The zero-order valence-electron chi connectivity index (χ0n) is 7.17. The van der Waals surface area contributed by atoms with Crippen molar-refractivity contribution in [3.05, 3.63) is 35.0 Å². The molecule has 0 saturated carbocycles. The Balaban J connectivity index is 2.67. The van der Waals surface area contributed by atoms with Gasteiger partial charge in [0.2, 0.25) is 5.91 Å². The maximum atomic E-state index is 10.8. The van der Waals surface area contributed by atoms with Gasteiger partial charge in [-0.15, -0.1) is 4.91 Å². The Morgan fingerprint density at radius 3 is 2.85 bits per heavy atom. The summed E-state index contributed by atoms with van der Waals surface area (Å²) in [7, 11) is 0. The molecule has 0 N–H and O–H groups in total. The fraction of sp³-hybridized carbons (Fsp3) is 0.250. The van der Waals surface area contributed by atoms with Crippen LogP contribution in [0.5, 0.6) is 0 Å². The smallest absolute Gasteiger partial charge is 0.242 e. The van der Waals surface area contributed by atoms with Crippen LogP contribution >= 0.6 is 0 Å². The Morgan fingerprint density at radius 1 is 1.62 bits per heavy atom. The third-order valence-corrected chi connectivity index (χ3v) is 1.50. The molecule has 1 heterocycles. The standard InChI is InChI=1S/C8H9N3O2/c1-7(12)11(10-13)6-8-4-2-3-5-9-8/h2-5H,6H2,1H3. The third kappa shape index (κ3) is 2.62. The maximum absolute atomic E-state index is 10.8. The highest BCUT2D eigenvalue weighted by Crippen LogP contribution is 2.01. The molecule has 5 nitrogen and oxygen atoms in total. The van der Waals surface area contributed by atoms with Crippen LogP contribution in [-0.4, -0.2) is 15.9 Å². The van der Waals surface area contributed by atoms with Crippen LogP contribution in [0.25, 0.3) is 0 Å². The van der Waals surface area contributed by atoms with Crippen LogP contribution in [0.2, 0.25) is 0 Å². The Bertz CT molecular complexity index is 300. The topological polar surface area (TPSA) is 62.6 Å². The lowest BCUT2D eigenvalue weighted by molar-refractivity contribution is -0.129. The quantitative estimate of drug-likeness (QED) is 0.515. The summed E-state index contributed by atoms with van der Waals surface area (Å²) in [6.07, 6.45) is 1.60. The lowest BCUT2D eigenvalue weighted by Crippen LogP contribution is -2.22. The van der Waals surface area contributed by atoms with E-state index in [0.29, 0.717) is 5.69 Å². The van der Waals surface area contributed by atoms with E-state index in [1.807, 2.05) is 0 Å². The number of aromatic nitrogens is 1. The van der Waals surface area contributed by atoms with Crippen LogP contribution in [0.4, 0.5) is 0 Å². The van der Waals surface area contributed by atoms with E-state index in [0.717, 1.165) is 5.01 Å². The highest BCUT2D eigenvalue weighted by atomic mass is 16.3. The fourth-order valence-electron chi connectivity index (χ4n) is 0.843. The predicted octanol–water partition coefficient (Wildman–Crippen LogP) is 1.11. The lowest BCUT2D eigenvalue weighted by atomic mass is 10.3. The van der Waals surface area contributed by atoms with Crippen molar-refractivity contribution >= 4 is 5.91 Å². The number of carbonyl (C=O) groups excluding carboxylic acids is 1. The monoisotopic (exact) mass is 179 g/mol. The summed E-state index contributed by atoms with van der Waals surface area (Å²) in [5.74, 6) is -0.388. The van der Waals surface area contributed by atoms with Crippen LogP contribution in [0.3, 0.4) is 0 Å². The van der Waals surface area contributed by atoms with Crippen molar-refractivity contribution in [3.63, 3.8) is 0 Å². The molecule has 0 spiro atoms. The second-order valence-electron chi connectivity index (χ2n) is 2.48. The highest BCUT2D eigenvalue weighted by Gasteiger charge is 2.09. The molecule has 13 heavy (non-hydrogen) atoms. The molecule has 0 bridgehead atoms. The van der Waals surface area contributed by atoms with E-state index < -0.39 is 0 Å². The minimum absolute atomic E-state index is 0.125. The van der Waals surface area contributed by atoms with E-state index in [1.54, 1.807) is 24.4 Å². The molecule has 1 amide bonds. The van der Waals surface area contributed by atoms with Crippen molar-refractivity contribution in [3.8, 4) is 0 Å². The molecule has 1 aromatic rings. The summed E-state index contributed by atoms with van der Waals surface area (Å²) in [4.78, 5) is 24.9. The Kier molecular flexibility index (Phi) is 3.08. The molecule has 0 aliphatic carbocycles. The normalized spacial score (nSPS) is 9.31. The van der Waals surface area contributed by atoms with Crippen LogP contribution < -0.4 is 0 Å². The molecule has 0 aromatic carbocycles. The van der Waals surface area contributed by atoms with Gasteiger partial charge in [-0.1, -0.05) is 6.07 Å². The molecule has 0 aliphatic rings. The second-order valence-corrected chi connectivity index (χ2v) is 2.48. The zero-order chi connectivity index (χ0) is 9.68. The number of rotatable bonds is 3. The number of nitrogens with zero attached hydrogens (tertiary/aromatic N) is 3. The van der Waals surface area contributed by atoms with Crippen molar-refractivity contribution in [2.45, 2.75) is 13.5 Å². The molecular weight excluding hydrogens is 170 g/mol. The number of hydrogen-bond donors (Lipinski definition) is 0.